The highest BCUT2D eigenvalue weighted by atomic mass is 35.5. The summed E-state index contributed by atoms with van der Waals surface area (Å²) in [4.78, 5) is 11.4. The van der Waals surface area contributed by atoms with Crippen molar-refractivity contribution in [2.24, 2.45) is 0 Å². The summed E-state index contributed by atoms with van der Waals surface area (Å²) in [6.07, 6.45) is 1.81. The number of thioether (sulfide) groups is 1. The van der Waals surface area contributed by atoms with E-state index in [0.29, 0.717) is 16.3 Å². The van der Waals surface area contributed by atoms with Crippen LogP contribution in [0.3, 0.4) is 0 Å². The Hall–Kier alpha value is -0.815. The Kier molecular flexibility index (Phi) is 5.85. The highest BCUT2D eigenvalue weighted by Gasteiger charge is 2.52. The van der Waals surface area contributed by atoms with Crippen LogP contribution in [0.4, 0.5) is 4.39 Å². The first-order valence-corrected chi connectivity index (χ1v) is 9.03. The van der Waals surface area contributed by atoms with E-state index in [1.165, 1.54) is 30.8 Å². The van der Waals surface area contributed by atoms with Gasteiger partial charge in [-0.1, -0.05) is 35.5 Å². The average molecular weight is 371 g/mol. The molecule has 0 aromatic heterocycles. The fourth-order valence-electron chi connectivity index (χ4n) is 2.18. The Labute approximate surface area is 152 Å². The van der Waals surface area contributed by atoms with E-state index in [1.807, 2.05) is 27.7 Å². The van der Waals surface area contributed by atoms with Gasteiger partial charge in [-0.3, -0.25) is 4.79 Å². The molecule has 1 aliphatic rings. The fourth-order valence-corrected chi connectivity index (χ4v) is 2.99. The van der Waals surface area contributed by atoms with Gasteiger partial charge in [-0.05, 0) is 50.9 Å². The standard InChI is InChI=1S/C17H21BClFO3S/c1-11(21)24-10-13(8-12-6-7-14(20)9-15(12)19)18-22-16(2,3)17(4,5)23-18/h6-9H,10H2,1-5H3. The van der Waals surface area contributed by atoms with Gasteiger partial charge in [-0.2, -0.15) is 0 Å². The quantitative estimate of drug-likeness (QED) is 0.715. The summed E-state index contributed by atoms with van der Waals surface area (Å²) >= 11 is 7.29. The van der Waals surface area contributed by atoms with Crippen molar-refractivity contribution in [1.29, 1.82) is 0 Å². The van der Waals surface area contributed by atoms with Crippen LogP contribution in [0.1, 0.15) is 40.2 Å². The minimum absolute atomic E-state index is 0.00243. The summed E-state index contributed by atoms with van der Waals surface area (Å²) < 4.78 is 25.4. The summed E-state index contributed by atoms with van der Waals surface area (Å²) in [7, 11) is -0.581. The highest BCUT2D eigenvalue weighted by Crippen LogP contribution is 2.39. The first kappa shape index (κ1) is 19.5. The molecular weight excluding hydrogens is 350 g/mol. The molecule has 0 aliphatic carbocycles. The molecule has 1 saturated heterocycles. The van der Waals surface area contributed by atoms with Gasteiger partial charge < -0.3 is 9.31 Å². The SMILES string of the molecule is CC(=O)SCC(=Cc1ccc(F)cc1Cl)B1OC(C)(C)C(C)(C)O1. The van der Waals surface area contributed by atoms with Gasteiger partial charge in [0.15, 0.2) is 5.12 Å². The van der Waals surface area contributed by atoms with Crippen molar-refractivity contribution in [3.05, 3.63) is 40.1 Å². The van der Waals surface area contributed by atoms with Gasteiger partial charge in [0, 0.05) is 12.7 Å². The molecule has 0 unspecified atom stereocenters. The molecule has 0 radical (unpaired) electrons. The number of carbonyl (C=O) groups is 1. The molecule has 1 aliphatic heterocycles. The van der Waals surface area contributed by atoms with Gasteiger partial charge in [-0.15, -0.1) is 0 Å². The van der Waals surface area contributed by atoms with Crippen molar-refractivity contribution in [3.8, 4) is 0 Å². The molecule has 0 spiro atoms. The van der Waals surface area contributed by atoms with Crippen LogP contribution in [0.25, 0.3) is 6.08 Å². The van der Waals surface area contributed by atoms with E-state index in [9.17, 15) is 9.18 Å². The maximum atomic E-state index is 13.2. The van der Waals surface area contributed by atoms with Gasteiger partial charge in [0.1, 0.15) is 5.82 Å². The zero-order chi connectivity index (χ0) is 18.1. The molecule has 3 nitrogen and oxygen atoms in total. The molecule has 0 bridgehead atoms. The third-order valence-corrected chi connectivity index (χ3v) is 5.51. The van der Waals surface area contributed by atoms with Crippen LogP contribution in [-0.4, -0.2) is 29.2 Å². The predicted molar refractivity (Wildman–Crippen MR) is 98.6 cm³/mol. The van der Waals surface area contributed by atoms with Crippen LogP contribution in [0.5, 0.6) is 0 Å². The van der Waals surface area contributed by atoms with Crippen molar-refractivity contribution < 1.29 is 18.5 Å². The van der Waals surface area contributed by atoms with E-state index in [0.717, 1.165) is 5.47 Å². The number of carbonyl (C=O) groups excluding carboxylic acids is 1. The third-order valence-electron chi connectivity index (χ3n) is 4.30. The molecule has 0 amide bonds. The molecule has 130 valence electrons. The van der Waals surface area contributed by atoms with Crippen molar-refractivity contribution in [3.63, 3.8) is 0 Å². The largest absolute Gasteiger partial charge is 0.491 e. The Morgan fingerprint density at radius 2 is 1.88 bits per heavy atom. The molecule has 7 heteroatoms. The van der Waals surface area contributed by atoms with Crippen molar-refractivity contribution in [2.75, 3.05) is 5.75 Å². The van der Waals surface area contributed by atoms with Crippen LogP contribution in [0, 0.1) is 5.82 Å². The van der Waals surface area contributed by atoms with E-state index in [4.69, 9.17) is 20.9 Å². The zero-order valence-electron chi connectivity index (χ0n) is 14.5. The van der Waals surface area contributed by atoms with Gasteiger partial charge >= 0.3 is 7.12 Å². The lowest BCUT2D eigenvalue weighted by Gasteiger charge is -2.32. The Morgan fingerprint density at radius 1 is 1.29 bits per heavy atom. The molecule has 24 heavy (non-hydrogen) atoms. The second kappa shape index (κ2) is 7.20. The lowest BCUT2D eigenvalue weighted by molar-refractivity contribution is -0.109. The summed E-state index contributed by atoms with van der Waals surface area (Å²) in [5.41, 5.74) is 0.475. The lowest BCUT2D eigenvalue weighted by Crippen LogP contribution is -2.41. The molecule has 1 aromatic rings. The molecule has 0 atom stereocenters. The summed E-state index contributed by atoms with van der Waals surface area (Å²) in [5, 5.41) is 0.305. The topological polar surface area (TPSA) is 35.5 Å². The van der Waals surface area contributed by atoms with E-state index >= 15 is 0 Å². The van der Waals surface area contributed by atoms with Gasteiger partial charge in [0.05, 0.1) is 16.2 Å². The van der Waals surface area contributed by atoms with Crippen LogP contribution in [0.15, 0.2) is 23.7 Å². The molecule has 1 aromatic carbocycles. The minimum atomic E-state index is -0.581. The molecular formula is C17H21BClFO3S. The molecule has 0 saturated carbocycles. The highest BCUT2D eigenvalue weighted by molar-refractivity contribution is 8.13. The smallest absolute Gasteiger partial charge is 0.400 e. The Bertz CT molecular complexity index is 660. The maximum absolute atomic E-state index is 13.2. The minimum Gasteiger partial charge on any atom is -0.400 e. The van der Waals surface area contributed by atoms with E-state index in [1.54, 1.807) is 12.1 Å². The van der Waals surface area contributed by atoms with Crippen LogP contribution >= 0.6 is 23.4 Å². The average Bonchev–Trinajstić information content (AvgIpc) is 2.65. The van der Waals surface area contributed by atoms with Gasteiger partial charge in [-0.25, -0.2) is 4.39 Å². The zero-order valence-corrected chi connectivity index (χ0v) is 16.1. The fraction of sp³-hybridized carbons (Fsp3) is 0.471. The summed E-state index contributed by atoms with van der Waals surface area (Å²) in [5.74, 6) is 0.0206. The Morgan fingerprint density at radius 3 is 2.38 bits per heavy atom. The van der Waals surface area contributed by atoms with E-state index in [2.05, 4.69) is 0 Å². The van der Waals surface area contributed by atoms with Crippen molar-refractivity contribution in [2.45, 2.75) is 45.8 Å². The number of rotatable bonds is 4. The second-order valence-corrected chi connectivity index (χ2v) is 8.31. The number of halogens is 2. The van der Waals surface area contributed by atoms with E-state index < -0.39 is 24.1 Å². The number of benzene rings is 1. The van der Waals surface area contributed by atoms with Crippen LogP contribution in [-0.2, 0) is 14.1 Å². The third kappa shape index (κ3) is 4.42. The second-order valence-electron chi connectivity index (χ2n) is 6.75. The van der Waals surface area contributed by atoms with Gasteiger partial charge in [0.25, 0.3) is 0 Å². The van der Waals surface area contributed by atoms with E-state index in [-0.39, 0.29) is 5.12 Å². The lowest BCUT2D eigenvalue weighted by atomic mass is 9.78. The maximum Gasteiger partial charge on any atom is 0.491 e. The Balaban J connectivity index is 2.35. The molecule has 0 N–H and O–H groups in total. The normalized spacial score (nSPS) is 19.6. The summed E-state index contributed by atoms with van der Waals surface area (Å²) in [6.45, 7) is 9.37. The molecule has 1 fully saturated rings. The predicted octanol–water partition coefficient (Wildman–Crippen LogP) is 4.77. The molecule has 2 rings (SSSR count). The van der Waals surface area contributed by atoms with Crippen LogP contribution in [0.2, 0.25) is 5.02 Å². The summed E-state index contributed by atoms with van der Waals surface area (Å²) in [6, 6.07) is 4.20. The number of hydrogen-bond donors (Lipinski definition) is 0. The first-order chi connectivity index (χ1) is 11.0. The van der Waals surface area contributed by atoms with Crippen molar-refractivity contribution >= 4 is 41.7 Å². The van der Waals surface area contributed by atoms with Gasteiger partial charge in [0.2, 0.25) is 0 Å². The first-order valence-electron chi connectivity index (χ1n) is 7.66. The monoisotopic (exact) mass is 370 g/mol. The van der Waals surface area contributed by atoms with Crippen LogP contribution < -0.4 is 0 Å². The number of hydrogen-bond acceptors (Lipinski definition) is 4. The molecule has 1 heterocycles. The van der Waals surface area contributed by atoms with Crippen molar-refractivity contribution in [1.82, 2.24) is 0 Å².